The molecule has 17 heteroatoms. The van der Waals surface area contributed by atoms with E-state index in [0.29, 0.717) is 16.7 Å². The van der Waals surface area contributed by atoms with Gasteiger partial charge in [0.05, 0.1) is 26.2 Å². The predicted octanol–water partition coefficient (Wildman–Crippen LogP) is -2.42. The summed E-state index contributed by atoms with van der Waals surface area (Å²) in [5.74, 6) is 0. The molecule has 2 aromatic heterocycles. The molecule has 0 bridgehead atoms. The van der Waals surface area contributed by atoms with Crippen LogP contribution in [0.1, 0.15) is 22.4 Å². The second-order valence-corrected chi connectivity index (χ2v) is 15.3. The standard InChI is InChI=1S/C41H46N4O13/c46-19-26-30(49)34(52)39(56-26,16-23-10-4-1-5-11-23)33-29-37(43-45(33)41(18-25-14-8-3-9-15-25)36(54)32(51)28(21-48)58-41)42-22-44(38(29)55)40(17-24-12-6-2-7-13-24)35(53)31(50)27(20-47)57-40/h1-15,22,26-28,30-32,34-36,46-54H,16-21H2/p+1/t26-,27-,28-,30-,31-,32-,34-,35-,36-,39?,40-,41?/m1/s1. The highest BCUT2D eigenvalue weighted by molar-refractivity contribution is 5.76. The summed E-state index contributed by atoms with van der Waals surface area (Å²) in [5.41, 5.74) is -5.92. The van der Waals surface area contributed by atoms with Crippen LogP contribution in [0.25, 0.3) is 11.0 Å². The van der Waals surface area contributed by atoms with Gasteiger partial charge in [0.15, 0.2) is 22.8 Å². The summed E-state index contributed by atoms with van der Waals surface area (Å²) < 4.78 is 21.5. The summed E-state index contributed by atoms with van der Waals surface area (Å²) in [6.07, 6.45) is -14.1. The maximum absolute atomic E-state index is 15.5. The van der Waals surface area contributed by atoms with Crippen LogP contribution in [0.15, 0.2) is 102 Å². The first-order valence-corrected chi connectivity index (χ1v) is 19.1. The minimum Gasteiger partial charge on any atom is -0.394 e. The first-order chi connectivity index (χ1) is 27.9. The van der Waals surface area contributed by atoms with E-state index in [2.05, 4.69) is 10.1 Å². The van der Waals surface area contributed by atoms with Gasteiger partial charge in [-0.2, -0.15) is 0 Å². The van der Waals surface area contributed by atoms with E-state index in [0.717, 1.165) is 10.9 Å². The van der Waals surface area contributed by atoms with Crippen molar-refractivity contribution in [3.8, 4) is 0 Å². The first-order valence-electron chi connectivity index (χ1n) is 19.1. The van der Waals surface area contributed by atoms with Gasteiger partial charge in [-0.05, 0) is 16.7 Å². The van der Waals surface area contributed by atoms with Crippen molar-refractivity contribution in [2.75, 3.05) is 19.8 Å². The highest BCUT2D eigenvalue weighted by Gasteiger charge is 2.69. The number of rotatable bonds is 12. The molecule has 5 heterocycles. The highest BCUT2D eigenvalue weighted by atomic mass is 16.6. The van der Waals surface area contributed by atoms with E-state index >= 15 is 4.79 Å². The second kappa shape index (κ2) is 15.6. The van der Waals surface area contributed by atoms with Crippen LogP contribution >= 0.6 is 0 Å². The Morgan fingerprint density at radius 2 is 1.10 bits per heavy atom. The van der Waals surface area contributed by atoms with Crippen LogP contribution in [0.3, 0.4) is 0 Å². The van der Waals surface area contributed by atoms with Crippen molar-refractivity contribution in [2.24, 2.45) is 0 Å². The number of hydrogen-bond donors (Lipinski definition) is 10. The van der Waals surface area contributed by atoms with E-state index in [-0.39, 0.29) is 36.0 Å². The van der Waals surface area contributed by atoms with E-state index in [1.807, 2.05) is 0 Å². The van der Waals surface area contributed by atoms with Crippen molar-refractivity contribution >= 4 is 11.0 Å². The van der Waals surface area contributed by atoms with Crippen molar-refractivity contribution in [2.45, 2.75) is 91.2 Å². The zero-order valence-corrected chi connectivity index (χ0v) is 31.2. The van der Waals surface area contributed by atoms with Gasteiger partial charge in [0, 0.05) is 12.8 Å². The van der Waals surface area contributed by atoms with E-state index < -0.39 is 97.4 Å². The lowest BCUT2D eigenvalue weighted by Crippen LogP contribution is -2.69. The molecular weight excluding hydrogens is 756 g/mol. The van der Waals surface area contributed by atoms with Crippen LogP contribution in [-0.4, -0.2) is 135 Å². The van der Waals surface area contributed by atoms with Gasteiger partial charge in [-0.25, -0.2) is 4.98 Å². The number of aliphatic hydroxyl groups excluding tert-OH is 9. The third-order valence-corrected chi connectivity index (χ3v) is 11.9. The van der Waals surface area contributed by atoms with Gasteiger partial charge in [-0.3, -0.25) is 9.36 Å². The predicted molar refractivity (Wildman–Crippen MR) is 201 cm³/mol. The Labute approximate surface area is 331 Å². The number of fused-ring (bicyclic) bond motifs is 1. The molecule has 8 rings (SSSR count). The SMILES string of the molecule is O=c1c2c(C3(Cc4ccccc4)O[C@H](CO)[C@@H](O)[C@H]3O)[n+](C3(Cc4ccccc4)O[C@H](CO)[C@@H](O)[C@H]3O)[nH]c2ncn1[C@]1(Cc2ccccc2)O[C@H](CO)[C@@H](O)[C@H]1O. The molecule has 0 radical (unpaired) electrons. The van der Waals surface area contributed by atoms with Crippen molar-refractivity contribution in [3.63, 3.8) is 0 Å². The Bertz CT molecular complexity index is 2260. The summed E-state index contributed by atoms with van der Waals surface area (Å²) in [6.45, 7) is -2.18. The molecule has 0 spiro atoms. The smallest absolute Gasteiger partial charge is 0.328 e. The molecule has 0 amide bonds. The third kappa shape index (κ3) is 6.30. The highest BCUT2D eigenvalue weighted by Crippen LogP contribution is 2.46. The Balaban J connectivity index is 1.48. The quantitative estimate of drug-likeness (QED) is 0.0589. The molecule has 0 aliphatic carbocycles. The number of aromatic amines is 1. The fourth-order valence-corrected chi connectivity index (χ4v) is 8.99. The van der Waals surface area contributed by atoms with E-state index in [9.17, 15) is 46.0 Å². The molecule has 5 aromatic rings. The van der Waals surface area contributed by atoms with Crippen molar-refractivity contribution in [3.05, 3.63) is 130 Å². The summed E-state index contributed by atoms with van der Waals surface area (Å²) in [6, 6.07) is 26.2. The Morgan fingerprint density at radius 1 is 0.621 bits per heavy atom. The van der Waals surface area contributed by atoms with E-state index in [1.54, 1.807) is 91.0 Å². The molecule has 3 aliphatic heterocycles. The molecule has 58 heavy (non-hydrogen) atoms. The van der Waals surface area contributed by atoms with Crippen LogP contribution in [0, 0.1) is 0 Å². The third-order valence-electron chi connectivity index (χ3n) is 11.9. The van der Waals surface area contributed by atoms with Gasteiger partial charge in [-0.1, -0.05) is 95.7 Å². The monoisotopic (exact) mass is 803 g/mol. The lowest BCUT2D eigenvalue weighted by atomic mass is 9.83. The van der Waals surface area contributed by atoms with Gasteiger partial charge in [-0.15, -0.1) is 5.10 Å². The Hall–Kier alpha value is -4.47. The summed E-state index contributed by atoms with van der Waals surface area (Å²) in [5, 5.41) is 104. The van der Waals surface area contributed by atoms with Crippen LogP contribution < -0.4 is 10.2 Å². The van der Waals surface area contributed by atoms with Crippen molar-refractivity contribution in [1.82, 2.24) is 14.6 Å². The number of H-pyrrole nitrogens is 1. The molecule has 3 saturated heterocycles. The molecule has 12 atom stereocenters. The average molecular weight is 804 g/mol. The number of aliphatic hydroxyl groups is 9. The van der Waals surface area contributed by atoms with Gasteiger partial charge >= 0.3 is 5.72 Å². The Kier molecular flexibility index (Phi) is 10.9. The maximum Gasteiger partial charge on any atom is 0.328 e. The molecule has 0 saturated carbocycles. The van der Waals surface area contributed by atoms with Crippen LogP contribution in [0.5, 0.6) is 0 Å². The van der Waals surface area contributed by atoms with E-state index in [1.165, 1.54) is 4.68 Å². The number of ether oxygens (including phenoxy) is 3. The van der Waals surface area contributed by atoms with Gasteiger partial charge in [0.2, 0.25) is 5.65 Å². The van der Waals surface area contributed by atoms with Crippen LogP contribution in [0.4, 0.5) is 0 Å². The molecule has 2 unspecified atom stereocenters. The van der Waals surface area contributed by atoms with Gasteiger partial charge in [0.25, 0.3) is 11.3 Å². The number of hydrogen-bond acceptors (Lipinski definition) is 14. The average Bonchev–Trinajstić information content (AvgIpc) is 3.91. The number of nitrogens with one attached hydrogen (secondary N) is 1. The molecule has 17 nitrogen and oxygen atoms in total. The Morgan fingerprint density at radius 3 is 1.62 bits per heavy atom. The molecule has 308 valence electrons. The zero-order chi connectivity index (χ0) is 41.0. The van der Waals surface area contributed by atoms with Crippen molar-refractivity contribution in [1.29, 1.82) is 0 Å². The minimum absolute atomic E-state index is 0.159. The topological polar surface area (TPSA) is 264 Å². The molecule has 3 fully saturated rings. The molecule has 3 aromatic carbocycles. The lowest BCUT2D eigenvalue weighted by molar-refractivity contribution is -0.862. The number of nitrogens with zero attached hydrogens (tertiary/aromatic N) is 3. The van der Waals surface area contributed by atoms with Gasteiger partial charge in [0.1, 0.15) is 55.2 Å². The summed E-state index contributed by atoms with van der Waals surface area (Å²) in [4.78, 5) is 20.1. The second-order valence-electron chi connectivity index (χ2n) is 15.3. The fraction of sp³-hybridized carbons (Fsp3) is 0.439. The van der Waals surface area contributed by atoms with Crippen molar-refractivity contribution < 1.29 is 64.9 Å². The number of benzene rings is 3. The molecule has 10 N–H and O–H groups in total. The van der Waals surface area contributed by atoms with Crippen LogP contribution in [-0.2, 0) is 50.5 Å². The molecule has 3 aliphatic rings. The van der Waals surface area contributed by atoms with Crippen LogP contribution in [0.2, 0.25) is 0 Å². The summed E-state index contributed by atoms with van der Waals surface area (Å²) >= 11 is 0. The fourth-order valence-electron chi connectivity index (χ4n) is 8.99. The van der Waals surface area contributed by atoms with E-state index in [4.69, 9.17) is 14.2 Å². The zero-order valence-electron chi connectivity index (χ0n) is 31.2. The number of aromatic nitrogens is 4. The molecular formula is C41H47N4O13+. The first kappa shape index (κ1) is 40.3. The maximum atomic E-state index is 15.5. The lowest BCUT2D eigenvalue weighted by Gasteiger charge is -2.34. The summed E-state index contributed by atoms with van der Waals surface area (Å²) in [7, 11) is 0. The van der Waals surface area contributed by atoms with Gasteiger partial charge < -0.3 is 60.2 Å². The largest absolute Gasteiger partial charge is 0.394 e. The minimum atomic E-state index is -2.16. The normalized spacial score (nSPS) is 34.9.